The largest absolute Gasteiger partial charge is 0.359 e. The molecule has 0 aromatic heterocycles. The second-order valence-corrected chi connectivity index (χ2v) is 3.62. The maximum atomic E-state index is 5.80. The van der Waals surface area contributed by atoms with Gasteiger partial charge in [-0.15, -0.1) is 0 Å². The van der Waals surface area contributed by atoms with Crippen molar-refractivity contribution in [2.75, 3.05) is 13.1 Å². The second-order valence-electron chi connectivity index (χ2n) is 3.62. The molecule has 2 nitrogen and oxygen atoms in total. The van der Waals surface area contributed by atoms with E-state index in [0.717, 1.165) is 13.1 Å². The predicted molar refractivity (Wildman–Crippen MR) is 63.6 cm³/mol. The van der Waals surface area contributed by atoms with Crippen LogP contribution in [0, 0.1) is 0 Å². The van der Waals surface area contributed by atoms with Crippen LogP contribution in [0.25, 0.3) is 0 Å². The minimum absolute atomic E-state index is 0.195. The summed E-state index contributed by atoms with van der Waals surface area (Å²) in [5.74, 6) is 0. The maximum absolute atomic E-state index is 5.80. The summed E-state index contributed by atoms with van der Waals surface area (Å²) < 4.78 is 5.80. The maximum Gasteiger partial charge on any atom is 0.108 e. The van der Waals surface area contributed by atoms with E-state index in [1.54, 1.807) is 0 Å². The highest BCUT2D eigenvalue weighted by Gasteiger charge is 2.09. The summed E-state index contributed by atoms with van der Waals surface area (Å²) in [6.07, 6.45) is 0.195. The Labute approximate surface area is 92.9 Å². The van der Waals surface area contributed by atoms with Crippen molar-refractivity contribution in [3.05, 3.63) is 35.9 Å². The zero-order valence-corrected chi connectivity index (χ0v) is 9.94. The Kier molecular flexibility index (Phi) is 5.37. The first kappa shape index (κ1) is 12.2. The van der Waals surface area contributed by atoms with Crippen LogP contribution < -0.4 is 0 Å². The van der Waals surface area contributed by atoms with E-state index in [1.165, 1.54) is 5.56 Å². The van der Waals surface area contributed by atoms with Gasteiger partial charge in [-0.2, -0.15) is 0 Å². The Balaban J connectivity index is 2.36. The van der Waals surface area contributed by atoms with E-state index in [0.29, 0.717) is 6.61 Å². The van der Waals surface area contributed by atoms with Gasteiger partial charge in [0, 0.05) is 0 Å². The number of rotatable bonds is 6. The third-order valence-electron chi connectivity index (χ3n) is 2.66. The van der Waals surface area contributed by atoms with Crippen LogP contribution in [0.4, 0.5) is 0 Å². The van der Waals surface area contributed by atoms with Crippen LogP contribution in [0.3, 0.4) is 0 Å². The summed E-state index contributed by atoms with van der Waals surface area (Å²) >= 11 is 0. The van der Waals surface area contributed by atoms with Crippen LogP contribution in [-0.2, 0) is 11.3 Å². The minimum Gasteiger partial charge on any atom is -0.359 e. The van der Waals surface area contributed by atoms with Gasteiger partial charge in [-0.05, 0) is 25.6 Å². The highest BCUT2D eigenvalue weighted by Crippen LogP contribution is 2.06. The van der Waals surface area contributed by atoms with Gasteiger partial charge >= 0.3 is 0 Å². The molecule has 0 spiro atoms. The normalized spacial score (nSPS) is 13.1. The molecule has 0 aliphatic heterocycles. The van der Waals surface area contributed by atoms with E-state index in [9.17, 15) is 0 Å². The SMILES string of the molecule is CCN(CC)C(C)OCc1ccccc1. The van der Waals surface area contributed by atoms with Gasteiger partial charge in [0.2, 0.25) is 0 Å². The second kappa shape index (κ2) is 6.59. The molecule has 84 valence electrons. The van der Waals surface area contributed by atoms with Crippen molar-refractivity contribution in [2.24, 2.45) is 0 Å². The summed E-state index contributed by atoms with van der Waals surface area (Å²) in [5.41, 5.74) is 1.23. The van der Waals surface area contributed by atoms with Gasteiger partial charge in [0.15, 0.2) is 0 Å². The predicted octanol–water partition coefficient (Wildman–Crippen LogP) is 2.89. The zero-order chi connectivity index (χ0) is 11.1. The Morgan fingerprint density at radius 1 is 1.13 bits per heavy atom. The molecular formula is C13H21NO. The molecule has 0 amide bonds. The van der Waals surface area contributed by atoms with Crippen LogP contribution in [0.1, 0.15) is 26.3 Å². The summed E-state index contributed by atoms with van der Waals surface area (Å²) in [5, 5.41) is 0. The molecule has 1 atom stereocenters. The third kappa shape index (κ3) is 4.02. The van der Waals surface area contributed by atoms with Crippen molar-refractivity contribution in [3.63, 3.8) is 0 Å². The first-order valence-electron chi connectivity index (χ1n) is 5.67. The van der Waals surface area contributed by atoms with Crippen LogP contribution in [0.5, 0.6) is 0 Å². The zero-order valence-electron chi connectivity index (χ0n) is 9.94. The minimum atomic E-state index is 0.195. The van der Waals surface area contributed by atoms with E-state index >= 15 is 0 Å². The van der Waals surface area contributed by atoms with Gasteiger partial charge in [-0.1, -0.05) is 44.2 Å². The molecule has 0 aliphatic rings. The highest BCUT2D eigenvalue weighted by molar-refractivity contribution is 5.13. The lowest BCUT2D eigenvalue weighted by atomic mass is 10.2. The van der Waals surface area contributed by atoms with Crippen LogP contribution in [-0.4, -0.2) is 24.2 Å². The molecule has 0 fully saturated rings. The molecule has 0 bridgehead atoms. The molecule has 0 aliphatic carbocycles. The first-order valence-corrected chi connectivity index (χ1v) is 5.67. The molecule has 1 aromatic carbocycles. The average molecular weight is 207 g/mol. The van der Waals surface area contributed by atoms with Gasteiger partial charge in [0.25, 0.3) is 0 Å². The molecule has 0 saturated heterocycles. The smallest absolute Gasteiger partial charge is 0.108 e. The molecule has 0 radical (unpaired) electrons. The van der Waals surface area contributed by atoms with Gasteiger partial charge in [-0.3, -0.25) is 4.90 Å². The molecular weight excluding hydrogens is 186 g/mol. The fourth-order valence-corrected chi connectivity index (χ4v) is 1.63. The Morgan fingerprint density at radius 2 is 1.73 bits per heavy atom. The number of hydrogen-bond donors (Lipinski definition) is 0. The van der Waals surface area contributed by atoms with Crippen LogP contribution in [0.2, 0.25) is 0 Å². The van der Waals surface area contributed by atoms with Crippen molar-refractivity contribution < 1.29 is 4.74 Å². The lowest BCUT2D eigenvalue weighted by Gasteiger charge is -2.26. The number of ether oxygens (including phenoxy) is 1. The molecule has 1 unspecified atom stereocenters. The van der Waals surface area contributed by atoms with Crippen molar-refractivity contribution in [3.8, 4) is 0 Å². The number of benzene rings is 1. The highest BCUT2D eigenvalue weighted by atomic mass is 16.5. The van der Waals surface area contributed by atoms with E-state index in [4.69, 9.17) is 4.74 Å². The van der Waals surface area contributed by atoms with Gasteiger partial charge < -0.3 is 4.74 Å². The fraction of sp³-hybridized carbons (Fsp3) is 0.538. The summed E-state index contributed by atoms with van der Waals surface area (Å²) in [4.78, 5) is 2.29. The monoisotopic (exact) mass is 207 g/mol. The van der Waals surface area contributed by atoms with Gasteiger partial charge in [0.1, 0.15) is 6.23 Å². The molecule has 1 aromatic rings. The van der Waals surface area contributed by atoms with Gasteiger partial charge in [0.05, 0.1) is 6.61 Å². The third-order valence-corrected chi connectivity index (χ3v) is 2.66. The lowest BCUT2D eigenvalue weighted by molar-refractivity contribution is -0.0521. The molecule has 0 heterocycles. The topological polar surface area (TPSA) is 12.5 Å². The molecule has 15 heavy (non-hydrogen) atoms. The Bertz CT molecular complexity index is 256. The van der Waals surface area contributed by atoms with Gasteiger partial charge in [-0.25, -0.2) is 0 Å². The summed E-state index contributed by atoms with van der Waals surface area (Å²) in [6, 6.07) is 10.3. The van der Waals surface area contributed by atoms with E-state index in [2.05, 4.69) is 37.8 Å². The lowest BCUT2D eigenvalue weighted by Crippen LogP contribution is -2.34. The molecule has 2 heteroatoms. The molecule has 1 rings (SSSR count). The van der Waals surface area contributed by atoms with Crippen molar-refractivity contribution >= 4 is 0 Å². The summed E-state index contributed by atoms with van der Waals surface area (Å²) in [7, 11) is 0. The molecule has 0 N–H and O–H groups in total. The van der Waals surface area contributed by atoms with E-state index < -0.39 is 0 Å². The Hall–Kier alpha value is -0.860. The van der Waals surface area contributed by atoms with Crippen molar-refractivity contribution in [2.45, 2.75) is 33.6 Å². The standard InChI is InChI=1S/C13H21NO/c1-4-14(5-2)12(3)15-11-13-9-7-6-8-10-13/h6-10,12H,4-5,11H2,1-3H3. The van der Waals surface area contributed by atoms with E-state index in [-0.39, 0.29) is 6.23 Å². The van der Waals surface area contributed by atoms with Crippen molar-refractivity contribution in [1.29, 1.82) is 0 Å². The summed E-state index contributed by atoms with van der Waals surface area (Å²) in [6.45, 7) is 9.19. The quantitative estimate of drug-likeness (QED) is 0.665. The Morgan fingerprint density at radius 3 is 2.27 bits per heavy atom. The van der Waals surface area contributed by atoms with Crippen LogP contribution in [0.15, 0.2) is 30.3 Å². The number of nitrogens with zero attached hydrogens (tertiary/aromatic N) is 1. The first-order chi connectivity index (χ1) is 7.27. The van der Waals surface area contributed by atoms with Crippen LogP contribution >= 0.6 is 0 Å². The van der Waals surface area contributed by atoms with Crippen molar-refractivity contribution in [1.82, 2.24) is 4.90 Å². The average Bonchev–Trinajstić information content (AvgIpc) is 2.29. The molecule has 0 saturated carbocycles. The number of hydrogen-bond acceptors (Lipinski definition) is 2. The van der Waals surface area contributed by atoms with E-state index in [1.807, 2.05) is 18.2 Å². The fourth-order valence-electron chi connectivity index (χ4n) is 1.63.